The van der Waals surface area contributed by atoms with Gasteiger partial charge in [-0.2, -0.15) is 0 Å². The minimum atomic E-state index is -0.987. The highest BCUT2D eigenvalue weighted by Crippen LogP contribution is 2.54. The first-order valence-corrected chi connectivity index (χ1v) is 16.7. The lowest BCUT2D eigenvalue weighted by Gasteiger charge is -2.36. The van der Waals surface area contributed by atoms with Gasteiger partial charge in [-0.3, -0.25) is 34.2 Å². The minimum Gasteiger partial charge on any atom is -0.490 e. The molecule has 1 unspecified atom stereocenters. The Labute approximate surface area is 287 Å². The Hall–Kier alpha value is -5.91. The van der Waals surface area contributed by atoms with Crippen LogP contribution in [-0.2, 0) is 15.0 Å². The number of carbonyl (C=O) groups excluding carboxylic acids is 5. The van der Waals surface area contributed by atoms with E-state index in [2.05, 4.69) is 44.9 Å². The summed E-state index contributed by atoms with van der Waals surface area (Å²) >= 11 is 0. The molecular weight excluding hydrogens is 638 g/mol. The molecule has 12 nitrogen and oxygen atoms in total. The van der Waals surface area contributed by atoms with Gasteiger partial charge in [-0.05, 0) is 72.9 Å². The van der Waals surface area contributed by atoms with Crippen LogP contribution in [0.5, 0.6) is 17.2 Å². The van der Waals surface area contributed by atoms with E-state index in [9.17, 15) is 24.0 Å². The molecule has 0 spiro atoms. The number of piperidine rings is 1. The Balaban J connectivity index is 0.840. The summed E-state index contributed by atoms with van der Waals surface area (Å²) in [5, 5.41) is 5.65. The van der Waals surface area contributed by atoms with Crippen LogP contribution >= 0.6 is 0 Å². The predicted molar refractivity (Wildman–Crippen MR) is 179 cm³/mol. The molecule has 4 amide bonds. The van der Waals surface area contributed by atoms with Gasteiger partial charge in [-0.1, -0.05) is 24.3 Å². The Morgan fingerprint density at radius 2 is 1.48 bits per heavy atom. The van der Waals surface area contributed by atoms with E-state index in [1.165, 1.54) is 30.4 Å². The highest BCUT2D eigenvalue weighted by atomic mass is 16.5. The Morgan fingerprint density at radius 1 is 0.840 bits per heavy atom. The van der Waals surface area contributed by atoms with Gasteiger partial charge in [0.25, 0.3) is 11.8 Å². The number of imide groups is 2. The largest absolute Gasteiger partial charge is 0.490 e. The van der Waals surface area contributed by atoms with Crippen LogP contribution < -0.4 is 20.1 Å². The number of hydrogen-bond donors (Lipinski definition) is 2. The van der Waals surface area contributed by atoms with Gasteiger partial charge in [-0.25, -0.2) is 9.97 Å². The first kappa shape index (κ1) is 31.4. The van der Waals surface area contributed by atoms with E-state index in [0.29, 0.717) is 11.5 Å². The van der Waals surface area contributed by atoms with E-state index in [4.69, 9.17) is 9.47 Å². The summed E-state index contributed by atoms with van der Waals surface area (Å²) in [6.45, 7) is 1.42. The van der Waals surface area contributed by atoms with E-state index >= 15 is 0 Å². The molecule has 0 radical (unpaired) electrons. The Bertz CT molecular complexity index is 2040. The lowest BCUT2D eigenvalue weighted by Crippen LogP contribution is -2.54. The third kappa shape index (κ3) is 5.76. The summed E-state index contributed by atoms with van der Waals surface area (Å²) < 4.78 is 12.1. The number of benzene rings is 3. The zero-order chi connectivity index (χ0) is 34.6. The first-order chi connectivity index (χ1) is 24.2. The second-order valence-electron chi connectivity index (χ2n) is 13.3. The fourth-order valence-corrected chi connectivity index (χ4v) is 7.02. The van der Waals surface area contributed by atoms with Gasteiger partial charge in [0.2, 0.25) is 11.8 Å². The maximum Gasteiger partial charge on any atom is 0.262 e. The van der Waals surface area contributed by atoms with Crippen LogP contribution in [0.25, 0.3) is 0 Å². The second kappa shape index (κ2) is 12.2. The van der Waals surface area contributed by atoms with Crippen molar-refractivity contribution in [3.8, 4) is 17.2 Å². The van der Waals surface area contributed by atoms with Crippen molar-refractivity contribution in [2.75, 3.05) is 5.32 Å². The van der Waals surface area contributed by atoms with Crippen molar-refractivity contribution in [3.63, 3.8) is 0 Å². The molecule has 252 valence electrons. The fraction of sp³-hybridized carbons (Fsp3) is 0.289. The van der Waals surface area contributed by atoms with Crippen LogP contribution in [0.1, 0.15) is 87.9 Å². The standard InChI is InChI=1S/C38H33N5O7/c1-21(44)34-39-19-29(20-40-34)50-27-9-4-23(5-10-27)38(14-15-38)22-2-7-26(8-3-22)49-28-16-25(17-28)41-24-6-11-30-31(18-24)37(48)43(36(30)47)32-12-13-33(45)42-35(32)46/h2-11,18-20,25,28,32,41H,12-17H2,1H3,(H,42,45,46)/t25-,28-,32?. The van der Waals surface area contributed by atoms with Crippen molar-refractivity contribution in [1.82, 2.24) is 20.2 Å². The quantitative estimate of drug-likeness (QED) is 0.174. The molecule has 4 aromatic rings. The van der Waals surface area contributed by atoms with Crippen LogP contribution in [-0.4, -0.2) is 62.5 Å². The summed E-state index contributed by atoms with van der Waals surface area (Å²) in [6.07, 6.45) is 6.90. The molecule has 50 heavy (non-hydrogen) atoms. The van der Waals surface area contributed by atoms with E-state index < -0.39 is 29.7 Å². The number of nitrogens with one attached hydrogen (secondary N) is 2. The molecule has 8 rings (SSSR count). The third-order valence-corrected chi connectivity index (χ3v) is 9.95. The molecule has 3 aromatic carbocycles. The summed E-state index contributed by atoms with van der Waals surface area (Å²) in [6, 6.07) is 20.5. The van der Waals surface area contributed by atoms with Crippen molar-refractivity contribution in [2.24, 2.45) is 0 Å². The maximum atomic E-state index is 13.2. The molecule has 2 N–H and O–H groups in total. The number of hydrogen-bond acceptors (Lipinski definition) is 10. The zero-order valence-electron chi connectivity index (χ0n) is 27.2. The molecule has 1 saturated heterocycles. The third-order valence-electron chi connectivity index (χ3n) is 9.95. The van der Waals surface area contributed by atoms with Crippen molar-refractivity contribution >= 4 is 35.1 Å². The molecule has 2 aliphatic carbocycles. The second-order valence-corrected chi connectivity index (χ2v) is 13.3. The van der Waals surface area contributed by atoms with E-state index in [1.807, 2.05) is 24.3 Å². The zero-order valence-corrected chi connectivity index (χ0v) is 27.2. The summed E-state index contributed by atoms with van der Waals surface area (Å²) in [7, 11) is 0. The summed E-state index contributed by atoms with van der Waals surface area (Å²) in [5.41, 5.74) is 3.65. The van der Waals surface area contributed by atoms with E-state index in [-0.39, 0.29) is 53.1 Å². The van der Waals surface area contributed by atoms with Gasteiger partial charge in [0.05, 0.1) is 23.5 Å². The SMILES string of the molecule is CC(=O)c1ncc(Oc2ccc(C3(c4ccc(O[C@H]5C[C@H](Nc6ccc7c(c6)C(=O)N(C6CCC(=O)NC6=O)C7=O)C5)cc4)CC3)cc2)cn1. The number of amides is 4. The molecule has 3 heterocycles. The monoisotopic (exact) mass is 671 g/mol. The number of fused-ring (bicyclic) bond motifs is 1. The maximum absolute atomic E-state index is 13.2. The van der Waals surface area contributed by atoms with Gasteiger partial charge < -0.3 is 14.8 Å². The van der Waals surface area contributed by atoms with Crippen molar-refractivity contribution in [3.05, 3.63) is 107 Å². The van der Waals surface area contributed by atoms with Crippen molar-refractivity contribution < 1.29 is 33.4 Å². The number of aromatic nitrogens is 2. The number of nitrogens with zero attached hydrogens (tertiary/aromatic N) is 3. The number of carbonyl (C=O) groups is 5. The Morgan fingerprint density at radius 3 is 2.10 bits per heavy atom. The average Bonchev–Trinajstić information content (AvgIpc) is 3.87. The lowest BCUT2D eigenvalue weighted by atomic mass is 9.87. The van der Waals surface area contributed by atoms with Crippen LogP contribution in [0.4, 0.5) is 5.69 Å². The molecule has 2 aliphatic heterocycles. The van der Waals surface area contributed by atoms with Gasteiger partial charge in [-0.15, -0.1) is 0 Å². The molecule has 1 aromatic heterocycles. The number of anilines is 1. The summed E-state index contributed by atoms with van der Waals surface area (Å²) in [5.74, 6) is -0.173. The number of ketones is 1. The van der Waals surface area contributed by atoms with E-state index in [1.54, 1.807) is 18.2 Å². The van der Waals surface area contributed by atoms with Crippen LogP contribution in [0.3, 0.4) is 0 Å². The van der Waals surface area contributed by atoms with Crippen molar-refractivity contribution in [1.29, 1.82) is 0 Å². The molecule has 2 saturated carbocycles. The normalized spacial score (nSPS) is 21.9. The topological polar surface area (TPSA) is 157 Å². The highest BCUT2D eigenvalue weighted by Gasteiger charge is 2.46. The minimum absolute atomic E-state index is 0.0322. The van der Waals surface area contributed by atoms with Crippen LogP contribution in [0, 0.1) is 0 Å². The van der Waals surface area contributed by atoms with Crippen LogP contribution in [0.15, 0.2) is 79.1 Å². The smallest absolute Gasteiger partial charge is 0.262 e. The molecule has 3 fully saturated rings. The number of ether oxygens (including phenoxy) is 2. The molecule has 0 bridgehead atoms. The number of Topliss-reactive ketones (excluding diaryl/α,β-unsaturated/α-hetero) is 1. The van der Waals surface area contributed by atoms with Gasteiger partial charge in [0.15, 0.2) is 17.4 Å². The highest BCUT2D eigenvalue weighted by molar-refractivity contribution is 6.23. The van der Waals surface area contributed by atoms with E-state index in [0.717, 1.165) is 42.0 Å². The van der Waals surface area contributed by atoms with Gasteiger partial charge in [0, 0.05) is 43.3 Å². The van der Waals surface area contributed by atoms with Gasteiger partial charge >= 0.3 is 0 Å². The predicted octanol–water partition coefficient (Wildman–Crippen LogP) is 4.97. The van der Waals surface area contributed by atoms with Crippen LogP contribution in [0.2, 0.25) is 0 Å². The number of rotatable bonds is 10. The molecule has 4 aliphatic rings. The van der Waals surface area contributed by atoms with Gasteiger partial charge in [0.1, 0.15) is 23.6 Å². The molecule has 1 atom stereocenters. The Kier molecular flexibility index (Phi) is 7.65. The summed E-state index contributed by atoms with van der Waals surface area (Å²) in [4.78, 5) is 70.5. The molecular formula is C38H33N5O7. The first-order valence-electron chi connectivity index (χ1n) is 16.7. The lowest BCUT2D eigenvalue weighted by molar-refractivity contribution is -0.136. The molecule has 12 heteroatoms. The fourth-order valence-electron chi connectivity index (χ4n) is 7.02. The average molecular weight is 672 g/mol. The van der Waals surface area contributed by atoms with Crippen molar-refractivity contribution in [2.45, 2.75) is 69.1 Å².